The summed E-state index contributed by atoms with van der Waals surface area (Å²) in [6.45, 7) is 3.34. The molecule has 0 amide bonds. The van der Waals surface area contributed by atoms with Gasteiger partial charge in [0.1, 0.15) is 5.78 Å². The van der Waals surface area contributed by atoms with Gasteiger partial charge in [0.15, 0.2) is 11.5 Å². The van der Waals surface area contributed by atoms with Gasteiger partial charge in [-0.1, -0.05) is 13.0 Å². The number of phenolic OH excluding ortho intramolecular Hbond substituents is 1. The summed E-state index contributed by atoms with van der Waals surface area (Å²) in [5.41, 5.74) is 1.93. The Hall–Kier alpha value is -1.55. The molecule has 0 radical (unpaired) electrons. The average molecular weight is 357 g/mol. The van der Waals surface area contributed by atoms with Gasteiger partial charge < -0.3 is 14.7 Å². The lowest BCUT2D eigenvalue weighted by atomic mass is 9.53. The van der Waals surface area contributed by atoms with Crippen molar-refractivity contribution in [1.29, 1.82) is 0 Å². The van der Waals surface area contributed by atoms with Crippen molar-refractivity contribution in [1.82, 2.24) is 4.90 Å². The highest BCUT2D eigenvalue weighted by Crippen LogP contribution is 2.56. The van der Waals surface area contributed by atoms with Crippen LogP contribution >= 0.6 is 0 Å². The standard InChI is InChI=1S/C22H31NO3/c1-4-22-12-16(24)8-9-17(22)18(23(2)13-14-5-6-14)11-15-7-10-19(26-3)21(25)20(15)22/h7,10,14,17-18,25H,4-6,8-9,11-13H2,1-3H3/t17?,18?,22-/m1/s1. The van der Waals surface area contributed by atoms with E-state index in [0.29, 0.717) is 36.3 Å². The van der Waals surface area contributed by atoms with Crippen LogP contribution in [0.1, 0.15) is 56.6 Å². The largest absolute Gasteiger partial charge is 0.504 e. The molecule has 2 saturated carbocycles. The first kappa shape index (κ1) is 17.8. The van der Waals surface area contributed by atoms with Gasteiger partial charge in [0, 0.05) is 36.4 Å². The third-order valence-corrected chi connectivity index (χ3v) is 7.24. The molecule has 2 unspecified atom stereocenters. The molecule has 0 spiro atoms. The van der Waals surface area contributed by atoms with Gasteiger partial charge in [0.25, 0.3) is 0 Å². The number of carbonyl (C=O) groups is 1. The van der Waals surface area contributed by atoms with E-state index in [-0.39, 0.29) is 11.2 Å². The van der Waals surface area contributed by atoms with Crippen LogP contribution in [0.5, 0.6) is 11.5 Å². The molecular formula is C22H31NO3. The fraction of sp³-hybridized carbons (Fsp3) is 0.682. The molecule has 0 heterocycles. The molecule has 2 fully saturated rings. The van der Waals surface area contributed by atoms with Crippen LogP contribution in [0.25, 0.3) is 0 Å². The molecule has 26 heavy (non-hydrogen) atoms. The second-order valence-electron chi connectivity index (χ2n) is 8.68. The second-order valence-corrected chi connectivity index (χ2v) is 8.68. The Balaban J connectivity index is 1.82. The maximum atomic E-state index is 12.5. The van der Waals surface area contributed by atoms with Crippen LogP contribution in [0.3, 0.4) is 0 Å². The van der Waals surface area contributed by atoms with Crippen molar-refractivity contribution < 1.29 is 14.6 Å². The van der Waals surface area contributed by atoms with E-state index in [4.69, 9.17) is 4.74 Å². The van der Waals surface area contributed by atoms with Crippen molar-refractivity contribution in [3.8, 4) is 11.5 Å². The molecule has 4 rings (SSSR count). The third-order valence-electron chi connectivity index (χ3n) is 7.24. The monoisotopic (exact) mass is 357 g/mol. The topological polar surface area (TPSA) is 49.8 Å². The number of ether oxygens (including phenoxy) is 1. The quantitative estimate of drug-likeness (QED) is 0.873. The van der Waals surface area contributed by atoms with Crippen LogP contribution in [-0.2, 0) is 16.6 Å². The second kappa shape index (κ2) is 6.56. The normalized spacial score (nSPS) is 30.8. The summed E-state index contributed by atoms with van der Waals surface area (Å²) in [5.74, 6) is 2.39. The summed E-state index contributed by atoms with van der Waals surface area (Å²) >= 11 is 0. The fourth-order valence-electron chi connectivity index (χ4n) is 5.74. The Bertz CT molecular complexity index is 712. The van der Waals surface area contributed by atoms with Crippen molar-refractivity contribution in [2.75, 3.05) is 20.7 Å². The Morgan fingerprint density at radius 1 is 1.31 bits per heavy atom. The Morgan fingerprint density at radius 2 is 2.08 bits per heavy atom. The lowest BCUT2D eigenvalue weighted by Crippen LogP contribution is -2.56. The van der Waals surface area contributed by atoms with Gasteiger partial charge in [-0.25, -0.2) is 0 Å². The molecule has 0 aliphatic heterocycles. The van der Waals surface area contributed by atoms with E-state index < -0.39 is 0 Å². The lowest BCUT2D eigenvalue weighted by molar-refractivity contribution is -0.125. The number of methoxy groups -OCH3 is 1. The van der Waals surface area contributed by atoms with E-state index in [0.717, 1.165) is 37.3 Å². The number of hydrogen-bond donors (Lipinski definition) is 1. The summed E-state index contributed by atoms with van der Waals surface area (Å²) < 4.78 is 5.40. The first-order chi connectivity index (χ1) is 12.5. The Labute approximate surface area is 156 Å². The lowest BCUT2D eigenvalue weighted by Gasteiger charge is -2.53. The van der Waals surface area contributed by atoms with E-state index in [2.05, 4.69) is 24.9 Å². The zero-order valence-corrected chi connectivity index (χ0v) is 16.3. The molecule has 4 nitrogen and oxygen atoms in total. The maximum Gasteiger partial charge on any atom is 0.161 e. The van der Waals surface area contributed by atoms with Gasteiger partial charge >= 0.3 is 0 Å². The summed E-state index contributed by atoms with van der Waals surface area (Å²) in [5, 5.41) is 11.0. The summed E-state index contributed by atoms with van der Waals surface area (Å²) in [7, 11) is 3.85. The molecule has 3 atom stereocenters. The van der Waals surface area contributed by atoms with Crippen molar-refractivity contribution in [3.05, 3.63) is 23.3 Å². The van der Waals surface area contributed by atoms with Crippen molar-refractivity contribution in [2.24, 2.45) is 11.8 Å². The van der Waals surface area contributed by atoms with E-state index in [1.807, 2.05) is 6.07 Å². The molecule has 4 heteroatoms. The van der Waals surface area contributed by atoms with Gasteiger partial charge in [-0.3, -0.25) is 4.79 Å². The number of Topliss-reactive ketones (excluding diaryl/α,β-unsaturated/α-hetero) is 1. The summed E-state index contributed by atoms with van der Waals surface area (Å²) in [4.78, 5) is 15.0. The van der Waals surface area contributed by atoms with Crippen molar-refractivity contribution >= 4 is 5.78 Å². The minimum Gasteiger partial charge on any atom is -0.504 e. The molecule has 0 aromatic heterocycles. The van der Waals surface area contributed by atoms with Crippen molar-refractivity contribution in [3.63, 3.8) is 0 Å². The first-order valence-electron chi connectivity index (χ1n) is 10.1. The van der Waals surface area contributed by atoms with Crippen LogP contribution in [0.15, 0.2) is 12.1 Å². The Morgan fingerprint density at radius 3 is 2.73 bits per heavy atom. The zero-order valence-electron chi connectivity index (χ0n) is 16.3. The number of rotatable bonds is 5. The SMILES string of the molecule is CC[C@@]12CC(=O)CCC1C(N(C)CC1CC1)Cc1ccc(OC)c(O)c12. The van der Waals surface area contributed by atoms with Crippen LogP contribution in [0, 0.1) is 11.8 Å². The molecule has 1 N–H and O–H groups in total. The molecule has 0 saturated heterocycles. The molecular weight excluding hydrogens is 326 g/mol. The molecule has 3 aliphatic carbocycles. The first-order valence-corrected chi connectivity index (χ1v) is 10.1. The zero-order chi connectivity index (χ0) is 18.5. The van der Waals surface area contributed by atoms with Gasteiger partial charge in [0.2, 0.25) is 0 Å². The van der Waals surface area contributed by atoms with E-state index in [9.17, 15) is 9.90 Å². The highest BCUT2D eigenvalue weighted by atomic mass is 16.5. The molecule has 0 bridgehead atoms. The van der Waals surface area contributed by atoms with Crippen molar-refractivity contribution in [2.45, 2.75) is 63.3 Å². The number of likely N-dealkylation sites (N-methyl/N-ethyl adjacent to an activating group) is 1. The van der Waals surface area contributed by atoms with Crippen LogP contribution in [-0.4, -0.2) is 42.5 Å². The molecule has 1 aromatic carbocycles. The molecule has 142 valence electrons. The Kier molecular flexibility index (Phi) is 4.50. The number of hydrogen-bond acceptors (Lipinski definition) is 4. The number of phenols is 1. The predicted molar refractivity (Wildman–Crippen MR) is 102 cm³/mol. The minimum absolute atomic E-state index is 0.259. The maximum absolute atomic E-state index is 12.5. The van der Waals surface area contributed by atoms with E-state index >= 15 is 0 Å². The predicted octanol–water partition coefficient (Wildman–Crippen LogP) is 3.68. The van der Waals surface area contributed by atoms with Crippen LogP contribution in [0.2, 0.25) is 0 Å². The molecule has 3 aliphatic rings. The molecule has 1 aromatic rings. The number of fused-ring (bicyclic) bond motifs is 3. The van der Waals surface area contributed by atoms with Crippen LogP contribution in [0.4, 0.5) is 0 Å². The highest BCUT2D eigenvalue weighted by molar-refractivity contribution is 5.82. The number of ketones is 1. The fourth-order valence-corrected chi connectivity index (χ4v) is 5.74. The summed E-state index contributed by atoms with van der Waals surface area (Å²) in [6.07, 6.45) is 6.71. The third kappa shape index (κ3) is 2.74. The number of benzene rings is 1. The number of aromatic hydroxyl groups is 1. The van der Waals surface area contributed by atoms with Gasteiger partial charge in [0.05, 0.1) is 7.11 Å². The van der Waals surface area contributed by atoms with E-state index in [1.165, 1.54) is 18.4 Å². The average Bonchev–Trinajstić information content (AvgIpc) is 3.44. The minimum atomic E-state index is -0.260. The van der Waals surface area contributed by atoms with Crippen LogP contribution < -0.4 is 4.74 Å². The number of carbonyl (C=O) groups excluding carboxylic acids is 1. The smallest absolute Gasteiger partial charge is 0.161 e. The summed E-state index contributed by atoms with van der Waals surface area (Å²) in [6, 6.07) is 4.43. The van der Waals surface area contributed by atoms with Gasteiger partial charge in [-0.05, 0) is 62.6 Å². The van der Waals surface area contributed by atoms with E-state index in [1.54, 1.807) is 7.11 Å². The number of nitrogens with zero attached hydrogens (tertiary/aromatic N) is 1. The van der Waals surface area contributed by atoms with Gasteiger partial charge in [-0.2, -0.15) is 0 Å². The highest BCUT2D eigenvalue weighted by Gasteiger charge is 2.53. The van der Waals surface area contributed by atoms with Gasteiger partial charge in [-0.15, -0.1) is 0 Å².